The second kappa shape index (κ2) is 4.80. The van der Waals surface area contributed by atoms with Gasteiger partial charge in [-0.05, 0) is 6.92 Å². The van der Waals surface area contributed by atoms with Crippen molar-refractivity contribution < 1.29 is 5.11 Å². The highest BCUT2D eigenvalue weighted by Crippen LogP contribution is 2.15. The number of aromatic nitrogens is 2. The summed E-state index contributed by atoms with van der Waals surface area (Å²) in [4.78, 5) is 7.71. The standard InChI is InChI=1S/C9H10ClN3O/c1-6-7(4-2-3-5-14)8(10)13-9(11)12-6/h14H,3,5H2,1H3,(H2,11,12,13). The molecule has 74 valence electrons. The molecule has 1 aromatic heterocycles. The zero-order valence-corrected chi connectivity index (χ0v) is 8.47. The van der Waals surface area contributed by atoms with Gasteiger partial charge in [0, 0.05) is 6.42 Å². The Balaban J connectivity index is 3.04. The molecule has 4 nitrogen and oxygen atoms in total. The van der Waals surface area contributed by atoms with Crippen molar-refractivity contribution in [1.82, 2.24) is 9.97 Å². The third-order valence-corrected chi connectivity index (χ3v) is 1.79. The van der Waals surface area contributed by atoms with Crippen LogP contribution in [0.3, 0.4) is 0 Å². The van der Waals surface area contributed by atoms with E-state index in [0.717, 1.165) is 0 Å². The molecular formula is C9H10ClN3O. The van der Waals surface area contributed by atoms with Crippen LogP contribution in [0, 0.1) is 18.8 Å². The normalized spacial score (nSPS) is 9.36. The van der Waals surface area contributed by atoms with Crippen molar-refractivity contribution in [3.63, 3.8) is 0 Å². The van der Waals surface area contributed by atoms with Gasteiger partial charge in [-0.25, -0.2) is 4.98 Å². The summed E-state index contributed by atoms with van der Waals surface area (Å²) in [5, 5.41) is 8.79. The minimum atomic E-state index is 0.0273. The van der Waals surface area contributed by atoms with Crippen molar-refractivity contribution >= 4 is 17.5 Å². The lowest BCUT2D eigenvalue weighted by molar-refractivity contribution is 0.305. The number of aryl methyl sites for hydroxylation is 1. The van der Waals surface area contributed by atoms with Crippen molar-refractivity contribution in [3.8, 4) is 11.8 Å². The van der Waals surface area contributed by atoms with Crippen LogP contribution < -0.4 is 5.73 Å². The van der Waals surface area contributed by atoms with E-state index < -0.39 is 0 Å². The summed E-state index contributed by atoms with van der Waals surface area (Å²) in [6, 6.07) is 0. The molecule has 0 fully saturated rings. The fraction of sp³-hybridized carbons (Fsp3) is 0.333. The molecule has 0 radical (unpaired) electrons. The first-order valence-corrected chi connectivity index (χ1v) is 4.42. The largest absolute Gasteiger partial charge is 0.395 e. The molecule has 0 atom stereocenters. The van der Waals surface area contributed by atoms with E-state index in [1.54, 1.807) is 6.92 Å². The van der Waals surface area contributed by atoms with E-state index >= 15 is 0 Å². The number of nitrogens with two attached hydrogens (primary N) is 1. The molecule has 0 saturated carbocycles. The lowest BCUT2D eigenvalue weighted by atomic mass is 10.2. The number of rotatable bonds is 1. The quantitative estimate of drug-likeness (QED) is 0.531. The van der Waals surface area contributed by atoms with E-state index in [9.17, 15) is 0 Å². The third-order valence-electron chi connectivity index (χ3n) is 1.51. The lowest BCUT2D eigenvalue weighted by Gasteiger charge is -2.00. The van der Waals surface area contributed by atoms with Gasteiger partial charge in [-0.1, -0.05) is 23.4 Å². The van der Waals surface area contributed by atoms with E-state index in [-0.39, 0.29) is 17.7 Å². The topological polar surface area (TPSA) is 72.0 Å². The zero-order valence-electron chi connectivity index (χ0n) is 7.71. The van der Waals surface area contributed by atoms with Crippen molar-refractivity contribution in [2.24, 2.45) is 0 Å². The van der Waals surface area contributed by atoms with E-state index in [1.807, 2.05) is 0 Å². The molecule has 5 heteroatoms. The molecule has 0 aromatic carbocycles. The average Bonchev–Trinajstić information content (AvgIpc) is 2.09. The second-order valence-corrected chi connectivity index (χ2v) is 2.97. The summed E-state index contributed by atoms with van der Waals surface area (Å²) >= 11 is 5.82. The molecule has 3 N–H and O–H groups in total. The molecule has 0 amide bonds. The number of halogens is 1. The van der Waals surface area contributed by atoms with E-state index in [2.05, 4.69) is 21.8 Å². The van der Waals surface area contributed by atoms with Gasteiger partial charge in [-0.2, -0.15) is 4.98 Å². The van der Waals surface area contributed by atoms with Crippen LogP contribution in [0.1, 0.15) is 17.7 Å². The third kappa shape index (κ3) is 2.59. The van der Waals surface area contributed by atoms with Gasteiger partial charge < -0.3 is 10.8 Å². The summed E-state index contributed by atoms with van der Waals surface area (Å²) < 4.78 is 0. The smallest absolute Gasteiger partial charge is 0.221 e. The maximum Gasteiger partial charge on any atom is 0.221 e. The first kappa shape index (κ1) is 10.8. The summed E-state index contributed by atoms with van der Waals surface area (Å²) in [6.07, 6.45) is 0.403. The van der Waals surface area contributed by atoms with Crippen LogP contribution in [-0.4, -0.2) is 21.7 Å². The molecular weight excluding hydrogens is 202 g/mol. The maximum atomic E-state index is 8.54. The minimum Gasteiger partial charge on any atom is -0.395 e. The van der Waals surface area contributed by atoms with Gasteiger partial charge in [-0.15, -0.1) is 0 Å². The van der Waals surface area contributed by atoms with Crippen LogP contribution in [-0.2, 0) is 0 Å². The average molecular weight is 212 g/mol. The predicted molar refractivity (Wildman–Crippen MR) is 54.8 cm³/mol. The molecule has 1 heterocycles. The van der Waals surface area contributed by atoms with Gasteiger partial charge in [-0.3, -0.25) is 0 Å². The van der Waals surface area contributed by atoms with E-state index in [1.165, 1.54) is 0 Å². The molecule has 0 saturated heterocycles. The first-order valence-electron chi connectivity index (χ1n) is 4.04. The summed E-state index contributed by atoms with van der Waals surface area (Å²) in [7, 11) is 0. The monoisotopic (exact) mass is 211 g/mol. The SMILES string of the molecule is Cc1nc(N)nc(Cl)c1C#CCCO. The van der Waals surface area contributed by atoms with Crippen molar-refractivity contribution in [2.75, 3.05) is 12.3 Å². The van der Waals surface area contributed by atoms with Gasteiger partial charge in [0.05, 0.1) is 17.9 Å². The van der Waals surface area contributed by atoms with Crippen molar-refractivity contribution in [2.45, 2.75) is 13.3 Å². The Labute approximate surface area is 87.1 Å². The van der Waals surface area contributed by atoms with Gasteiger partial charge >= 0.3 is 0 Å². The molecule has 0 bridgehead atoms. The van der Waals surface area contributed by atoms with E-state index in [4.69, 9.17) is 22.4 Å². The highest BCUT2D eigenvalue weighted by Gasteiger charge is 2.05. The predicted octanol–water partition coefficient (Wildman–Crippen LogP) is 0.755. The molecule has 0 spiro atoms. The van der Waals surface area contributed by atoms with Gasteiger partial charge in [0.25, 0.3) is 0 Å². The number of aliphatic hydroxyl groups excluding tert-OH is 1. The highest BCUT2D eigenvalue weighted by molar-refractivity contribution is 6.30. The van der Waals surface area contributed by atoms with Gasteiger partial charge in [0.2, 0.25) is 5.95 Å². The summed E-state index contributed by atoms with van der Waals surface area (Å²) in [6.45, 7) is 1.78. The fourth-order valence-electron chi connectivity index (χ4n) is 0.907. The molecule has 0 aliphatic carbocycles. The molecule has 0 unspecified atom stereocenters. The summed E-state index contributed by atoms with van der Waals surface area (Å²) in [5.74, 6) is 5.67. The Morgan fingerprint density at radius 3 is 2.79 bits per heavy atom. The number of nitrogen functional groups attached to an aromatic ring is 1. The summed E-state index contributed by atoms with van der Waals surface area (Å²) in [5.41, 5.74) is 6.60. The Morgan fingerprint density at radius 2 is 2.21 bits per heavy atom. The number of nitrogens with zero attached hydrogens (tertiary/aromatic N) is 2. The van der Waals surface area contributed by atoms with Crippen LogP contribution >= 0.6 is 11.6 Å². The molecule has 0 aliphatic heterocycles. The van der Waals surface area contributed by atoms with Gasteiger partial charge in [0.15, 0.2) is 5.15 Å². The number of hydrogen-bond donors (Lipinski definition) is 2. The van der Waals surface area contributed by atoms with Gasteiger partial charge in [0.1, 0.15) is 0 Å². The molecule has 0 aliphatic rings. The van der Waals surface area contributed by atoms with Crippen LogP contribution in [0.25, 0.3) is 0 Å². The van der Waals surface area contributed by atoms with Crippen LogP contribution in [0.2, 0.25) is 5.15 Å². The van der Waals surface area contributed by atoms with Crippen LogP contribution in [0.4, 0.5) is 5.95 Å². The Hall–Kier alpha value is -1.31. The van der Waals surface area contributed by atoms with Crippen LogP contribution in [0.5, 0.6) is 0 Å². The highest BCUT2D eigenvalue weighted by atomic mass is 35.5. The second-order valence-electron chi connectivity index (χ2n) is 2.61. The lowest BCUT2D eigenvalue weighted by Crippen LogP contribution is -2.00. The Kier molecular flexibility index (Phi) is 3.69. The Bertz CT molecular complexity index is 372. The molecule has 14 heavy (non-hydrogen) atoms. The van der Waals surface area contributed by atoms with E-state index in [0.29, 0.717) is 17.7 Å². The zero-order chi connectivity index (χ0) is 10.6. The van der Waals surface area contributed by atoms with Crippen molar-refractivity contribution in [3.05, 3.63) is 16.4 Å². The fourth-order valence-corrected chi connectivity index (χ4v) is 1.18. The maximum absolute atomic E-state index is 8.54. The minimum absolute atomic E-state index is 0.0273. The van der Waals surface area contributed by atoms with Crippen LogP contribution in [0.15, 0.2) is 0 Å². The molecule has 1 rings (SSSR count). The number of hydrogen-bond acceptors (Lipinski definition) is 4. The molecule has 1 aromatic rings. The van der Waals surface area contributed by atoms with Crippen molar-refractivity contribution in [1.29, 1.82) is 0 Å². The Morgan fingerprint density at radius 1 is 1.50 bits per heavy atom. The first-order chi connectivity index (χ1) is 6.65. The number of aliphatic hydroxyl groups is 1. The number of anilines is 1.